The molecule has 3 nitrogen and oxygen atoms in total. The van der Waals surface area contributed by atoms with Crippen molar-refractivity contribution < 1.29 is 0 Å². The summed E-state index contributed by atoms with van der Waals surface area (Å²) >= 11 is 7.75. The minimum Gasteiger partial charge on any atom is -0.369 e. The van der Waals surface area contributed by atoms with Crippen LogP contribution < -0.4 is 5.32 Å². The number of thiophene rings is 1. The van der Waals surface area contributed by atoms with Crippen LogP contribution in [0.3, 0.4) is 0 Å². The Bertz CT molecular complexity index is 562. The molecule has 1 aliphatic rings. The fourth-order valence-corrected chi connectivity index (χ4v) is 3.32. The molecule has 0 saturated heterocycles. The topological polar surface area (TPSA) is 37.8 Å². The number of nitrogens with one attached hydrogen (secondary N) is 1. The predicted molar refractivity (Wildman–Crippen MR) is 77.7 cm³/mol. The van der Waals surface area contributed by atoms with Crippen LogP contribution >= 0.6 is 22.9 Å². The summed E-state index contributed by atoms with van der Waals surface area (Å²) < 4.78 is 0. The van der Waals surface area contributed by atoms with Gasteiger partial charge in [-0.25, -0.2) is 9.97 Å². The summed E-state index contributed by atoms with van der Waals surface area (Å²) in [5, 5.41) is 4.59. The molecule has 0 radical (unpaired) electrons. The summed E-state index contributed by atoms with van der Waals surface area (Å²) in [7, 11) is 0. The monoisotopic (exact) mass is 281 g/mol. The van der Waals surface area contributed by atoms with E-state index in [0.717, 1.165) is 34.9 Å². The average molecular weight is 282 g/mol. The number of aromatic nitrogens is 2. The highest BCUT2D eigenvalue weighted by Crippen LogP contribution is 2.46. The molecule has 0 unspecified atom stereocenters. The Labute approximate surface area is 116 Å². The molecule has 5 heteroatoms. The van der Waals surface area contributed by atoms with Crippen LogP contribution in [0.1, 0.15) is 24.6 Å². The number of anilines is 1. The predicted octanol–water partition coefficient (Wildman–Crippen LogP) is 3.68. The zero-order valence-corrected chi connectivity index (χ0v) is 11.9. The molecular weight excluding hydrogens is 266 g/mol. The van der Waals surface area contributed by atoms with Gasteiger partial charge >= 0.3 is 0 Å². The second kappa shape index (κ2) is 4.67. The molecule has 1 fully saturated rings. The maximum atomic E-state index is 6.00. The molecule has 1 aliphatic carbocycles. The van der Waals surface area contributed by atoms with Gasteiger partial charge in [0, 0.05) is 22.7 Å². The van der Waals surface area contributed by atoms with Crippen molar-refractivity contribution >= 4 is 39.0 Å². The van der Waals surface area contributed by atoms with Crippen LogP contribution in [0.15, 0.2) is 12.4 Å². The first-order chi connectivity index (χ1) is 8.76. The minimum atomic E-state index is 0.308. The lowest BCUT2D eigenvalue weighted by Crippen LogP contribution is -2.17. The Hall–Kier alpha value is -0.870. The lowest BCUT2D eigenvalue weighted by Gasteiger charge is -2.13. The Morgan fingerprint density at radius 1 is 1.44 bits per heavy atom. The standard InChI is InChI=1S/C13H16ClN3S/c1-2-9-5-10-11(16-8-17-12(10)18-9)15-7-13(6-14)3-4-13/h5,8H,2-4,6-7H2,1H3,(H,15,16,17). The summed E-state index contributed by atoms with van der Waals surface area (Å²) in [5.74, 6) is 1.69. The quantitative estimate of drug-likeness (QED) is 0.850. The van der Waals surface area contributed by atoms with Crippen molar-refractivity contribution in [3.05, 3.63) is 17.3 Å². The molecule has 3 rings (SSSR count). The largest absolute Gasteiger partial charge is 0.369 e. The van der Waals surface area contributed by atoms with Gasteiger partial charge < -0.3 is 5.32 Å². The number of rotatable bonds is 5. The minimum absolute atomic E-state index is 0.308. The molecule has 2 aromatic heterocycles. The molecule has 0 aromatic carbocycles. The molecule has 0 atom stereocenters. The van der Waals surface area contributed by atoms with E-state index in [4.69, 9.17) is 11.6 Å². The summed E-state index contributed by atoms with van der Waals surface area (Å²) in [6, 6.07) is 2.20. The van der Waals surface area contributed by atoms with E-state index < -0.39 is 0 Å². The average Bonchev–Trinajstić information content (AvgIpc) is 3.06. The van der Waals surface area contributed by atoms with Gasteiger partial charge in [-0.15, -0.1) is 22.9 Å². The van der Waals surface area contributed by atoms with Crippen LogP contribution in [-0.4, -0.2) is 22.4 Å². The number of fused-ring (bicyclic) bond motifs is 1. The molecule has 1 N–H and O–H groups in total. The Morgan fingerprint density at radius 2 is 2.28 bits per heavy atom. The lowest BCUT2D eigenvalue weighted by atomic mass is 10.1. The summed E-state index contributed by atoms with van der Waals surface area (Å²) in [5.41, 5.74) is 0.308. The fourth-order valence-electron chi connectivity index (χ4n) is 2.03. The smallest absolute Gasteiger partial charge is 0.138 e. The first kappa shape index (κ1) is 12.2. The first-order valence-electron chi connectivity index (χ1n) is 6.29. The van der Waals surface area contributed by atoms with E-state index in [1.807, 2.05) is 0 Å². The maximum absolute atomic E-state index is 6.00. The van der Waals surface area contributed by atoms with E-state index in [2.05, 4.69) is 28.3 Å². The van der Waals surface area contributed by atoms with E-state index in [1.165, 1.54) is 17.7 Å². The summed E-state index contributed by atoms with van der Waals surface area (Å²) in [6.45, 7) is 3.08. The van der Waals surface area contributed by atoms with Crippen molar-refractivity contribution in [2.45, 2.75) is 26.2 Å². The normalized spacial score (nSPS) is 17.0. The van der Waals surface area contributed by atoms with Gasteiger partial charge in [-0.3, -0.25) is 0 Å². The van der Waals surface area contributed by atoms with E-state index in [1.54, 1.807) is 17.7 Å². The highest BCUT2D eigenvalue weighted by atomic mass is 35.5. The van der Waals surface area contributed by atoms with Gasteiger partial charge in [-0.1, -0.05) is 6.92 Å². The van der Waals surface area contributed by atoms with Gasteiger partial charge in [-0.2, -0.15) is 0 Å². The zero-order valence-electron chi connectivity index (χ0n) is 10.4. The second-order valence-electron chi connectivity index (χ2n) is 4.99. The molecule has 0 amide bonds. The number of nitrogens with zero attached hydrogens (tertiary/aromatic N) is 2. The zero-order chi connectivity index (χ0) is 12.6. The molecule has 0 aliphatic heterocycles. The summed E-state index contributed by atoms with van der Waals surface area (Å²) in [6.07, 6.45) is 5.14. The number of hydrogen-bond donors (Lipinski definition) is 1. The Kier molecular flexibility index (Phi) is 3.16. The first-order valence-corrected chi connectivity index (χ1v) is 7.65. The van der Waals surface area contributed by atoms with Crippen LogP contribution in [0.25, 0.3) is 10.2 Å². The highest BCUT2D eigenvalue weighted by molar-refractivity contribution is 7.18. The molecule has 0 bridgehead atoms. The van der Waals surface area contributed by atoms with Gasteiger partial charge in [0.25, 0.3) is 0 Å². The van der Waals surface area contributed by atoms with Crippen LogP contribution in [0.4, 0.5) is 5.82 Å². The van der Waals surface area contributed by atoms with Gasteiger partial charge in [0.1, 0.15) is 17.0 Å². The number of hydrogen-bond acceptors (Lipinski definition) is 4. The molecule has 1 saturated carbocycles. The van der Waals surface area contributed by atoms with Crippen molar-refractivity contribution in [1.29, 1.82) is 0 Å². The molecule has 96 valence electrons. The number of aryl methyl sites for hydroxylation is 1. The molecule has 18 heavy (non-hydrogen) atoms. The Balaban J connectivity index is 1.84. The molecule has 2 heterocycles. The van der Waals surface area contributed by atoms with Crippen LogP contribution in [-0.2, 0) is 6.42 Å². The number of halogens is 1. The van der Waals surface area contributed by atoms with Crippen molar-refractivity contribution in [1.82, 2.24) is 9.97 Å². The van der Waals surface area contributed by atoms with E-state index in [9.17, 15) is 0 Å². The van der Waals surface area contributed by atoms with Gasteiger partial charge in [-0.05, 0) is 25.3 Å². The third kappa shape index (κ3) is 2.19. The van der Waals surface area contributed by atoms with Gasteiger partial charge in [0.2, 0.25) is 0 Å². The van der Waals surface area contributed by atoms with Crippen molar-refractivity contribution in [2.24, 2.45) is 5.41 Å². The molecular formula is C13H16ClN3S. The SMILES string of the molecule is CCc1cc2c(NCC3(CCl)CC3)ncnc2s1. The van der Waals surface area contributed by atoms with Gasteiger partial charge in [0.05, 0.1) is 5.39 Å². The van der Waals surface area contributed by atoms with Crippen LogP contribution in [0, 0.1) is 5.41 Å². The van der Waals surface area contributed by atoms with E-state index in [0.29, 0.717) is 5.41 Å². The summed E-state index contributed by atoms with van der Waals surface area (Å²) in [4.78, 5) is 11.1. The fraction of sp³-hybridized carbons (Fsp3) is 0.538. The molecule has 0 spiro atoms. The Morgan fingerprint density at radius 3 is 2.94 bits per heavy atom. The highest BCUT2D eigenvalue weighted by Gasteiger charge is 2.41. The van der Waals surface area contributed by atoms with Crippen molar-refractivity contribution in [3.63, 3.8) is 0 Å². The van der Waals surface area contributed by atoms with Crippen molar-refractivity contribution in [2.75, 3.05) is 17.7 Å². The van der Waals surface area contributed by atoms with Crippen LogP contribution in [0.2, 0.25) is 0 Å². The van der Waals surface area contributed by atoms with Crippen LogP contribution in [0.5, 0.6) is 0 Å². The second-order valence-corrected chi connectivity index (χ2v) is 6.38. The maximum Gasteiger partial charge on any atom is 0.138 e. The molecule has 2 aromatic rings. The number of alkyl halides is 1. The van der Waals surface area contributed by atoms with E-state index in [-0.39, 0.29) is 0 Å². The third-order valence-corrected chi connectivity index (χ3v) is 5.35. The third-order valence-electron chi connectivity index (χ3n) is 3.60. The van der Waals surface area contributed by atoms with Crippen molar-refractivity contribution in [3.8, 4) is 0 Å². The lowest BCUT2D eigenvalue weighted by molar-refractivity contribution is 0.618. The van der Waals surface area contributed by atoms with E-state index >= 15 is 0 Å². The van der Waals surface area contributed by atoms with Gasteiger partial charge in [0.15, 0.2) is 0 Å².